The van der Waals surface area contributed by atoms with Crippen LogP contribution in [0.3, 0.4) is 0 Å². The van der Waals surface area contributed by atoms with Crippen LogP contribution in [-0.4, -0.2) is 16.6 Å². The van der Waals surface area contributed by atoms with Crippen LogP contribution in [0.1, 0.15) is 24.0 Å². The van der Waals surface area contributed by atoms with E-state index >= 15 is 0 Å². The molecular formula is C13H18N2O. The molecule has 0 amide bonds. The van der Waals surface area contributed by atoms with Crippen LogP contribution in [0.4, 0.5) is 0 Å². The Labute approximate surface area is 95.3 Å². The van der Waals surface area contributed by atoms with Crippen molar-refractivity contribution in [1.82, 2.24) is 4.98 Å². The predicted octanol–water partition coefficient (Wildman–Crippen LogP) is 2.46. The number of phenolic OH excluding ortho intramolecular Hbond substituents is 1. The van der Waals surface area contributed by atoms with Gasteiger partial charge in [-0.3, -0.25) is 0 Å². The molecule has 16 heavy (non-hydrogen) atoms. The van der Waals surface area contributed by atoms with Crippen molar-refractivity contribution in [2.75, 3.05) is 6.54 Å². The second-order valence-electron chi connectivity index (χ2n) is 4.21. The first-order valence-electron chi connectivity index (χ1n) is 5.72. The van der Waals surface area contributed by atoms with E-state index in [4.69, 9.17) is 5.73 Å². The third-order valence-electron chi connectivity index (χ3n) is 3.00. The van der Waals surface area contributed by atoms with Crippen LogP contribution in [0, 0.1) is 6.92 Å². The van der Waals surface area contributed by atoms with Crippen LogP contribution < -0.4 is 5.73 Å². The van der Waals surface area contributed by atoms with Gasteiger partial charge in [0.25, 0.3) is 0 Å². The number of phenols is 1. The lowest BCUT2D eigenvalue weighted by molar-refractivity contribution is 0.473. The van der Waals surface area contributed by atoms with Crippen molar-refractivity contribution < 1.29 is 5.11 Å². The van der Waals surface area contributed by atoms with E-state index in [1.165, 1.54) is 0 Å². The number of aryl methyl sites for hydroxylation is 2. The molecule has 3 nitrogen and oxygen atoms in total. The number of fused-ring (bicyclic) bond motifs is 1. The maximum atomic E-state index is 10.2. The summed E-state index contributed by atoms with van der Waals surface area (Å²) in [4.78, 5) is 3.14. The van der Waals surface area contributed by atoms with Crippen LogP contribution in [-0.2, 0) is 6.42 Å². The molecule has 0 atom stereocenters. The van der Waals surface area contributed by atoms with E-state index in [0.717, 1.165) is 41.3 Å². The Morgan fingerprint density at radius 3 is 2.88 bits per heavy atom. The number of nitrogens with one attached hydrogen (secondary N) is 1. The molecule has 0 aliphatic heterocycles. The van der Waals surface area contributed by atoms with Crippen molar-refractivity contribution in [2.24, 2.45) is 5.73 Å². The summed E-state index contributed by atoms with van der Waals surface area (Å²) in [6.45, 7) is 2.72. The van der Waals surface area contributed by atoms with Crippen LogP contribution in [0.2, 0.25) is 0 Å². The minimum atomic E-state index is 0.424. The minimum absolute atomic E-state index is 0.424. The Kier molecular flexibility index (Phi) is 3.15. The molecule has 1 aromatic carbocycles. The first kappa shape index (κ1) is 11.0. The minimum Gasteiger partial charge on any atom is -0.507 e. The fourth-order valence-electron chi connectivity index (χ4n) is 2.07. The van der Waals surface area contributed by atoms with Gasteiger partial charge in [-0.1, -0.05) is 6.07 Å². The summed E-state index contributed by atoms with van der Waals surface area (Å²) >= 11 is 0. The molecule has 2 rings (SSSR count). The summed E-state index contributed by atoms with van der Waals surface area (Å²) in [6, 6.07) is 4.02. The van der Waals surface area contributed by atoms with E-state index in [-0.39, 0.29) is 0 Å². The molecule has 86 valence electrons. The number of hydrogen-bond donors (Lipinski definition) is 3. The molecule has 1 heterocycles. The maximum Gasteiger partial charge on any atom is 0.128 e. The first-order chi connectivity index (χ1) is 7.74. The van der Waals surface area contributed by atoms with E-state index in [9.17, 15) is 5.11 Å². The molecule has 1 aromatic heterocycles. The number of H-pyrrole nitrogens is 1. The molecule has 0 unspecified atom stereocenters. The number of aromatic hydroxyl groups is 1. The van der Waals surface area contributed by atoms with Crippen molar-refractivity contribution >= 4 is 10.9 Å². The van der Waals surface area contributed by atoms with Gasteiger partial charge in [0.1, 0.15) is 5.75 Å². The number of rotatable bonds is 4. The van der Waals surface area contributed by atoms with E-state index in [0.29, 0.717) is 12.3 Å². The molecule has 2 aromatic rings. The number of benzene rings is 1. The Morgan fingerprint density at radius 1 is 1.31 bits per heavy atom. The second-order valence-corrected chi connectivity index (χ2v) is 4.21. The summed E-state index contributed by atoms with van der Waals surface area (Å²) < 4.78 is 0. The van der Waals surface area contributed by atoms with Gasteiger partial charge in [-0.05, 0) is 49.9 Å². The van der Waals surface area contributed by atoms with Crippen LogP contribution >= 0.6 is 0 Å². The smallest absolute Gasteiger partial charge is 0.128 e. The summed E-state index contributed by atoms with van der Waals surface area (Å²) in [6.07, 6.45) is 4.85. The highest BCUT2D eigenvalue weighted by molar-refractivity contribution is 5.90. The quantitative estimate of drug-likeness (QED) is 0.690. The van der Waals surface area contributed by atoms with E-state index in [1.807, 2.05) is 25.3 Å². The molecule has 0 spiro atoms. The topological polar surface area (TPSA) is 62.0 Å². The maximum absolute atomic E-state index is 10.2. The molecule has 0 aliphatic carbocycles. The standard InChI is InChI=1S/C13H18N2O/c1-9-8-15-11-6-5-10(4-2-3-7-14)13(16)12(9)11/h5-6,8,15-16H,2-4,7,14H2,1H3. The lowest BCUT2D eigenvalue weighted by Gasteiger charge is -2.06. The van der Waals surface area contributed by atoms with Gasteiger partial charge in [-0.2, -0.15) is 0 Å². The van der Waals surface area contributed by atoms with E-state index in [2.05, 4.69) is 4.98 Å². The normalized spacial score (nSPS) is 11.1. The Balaban J connectivity index is 2.32. The molecule has 0 bridgehead atoms. The summed E-state index contributed by atoms with van der Waals surface area (Å²) in [5.41, 5.74) is 8.57. The van der Waals surface area contributed by atoms with Gasteiger partial charge in [-0.25, -0.2) is 0 Å². The van der Waals surface area contributed by atoms with Gasteiger partial charge >= 0.3 is 0 Å². The van der Waals surface area contributed by atoms with Gasteiger partial charge in [-0.15, -0.1) is 0 Å². The number of nitrogens with two attached hydrogens (primary N) is 1. The zero-order valence-electron chi connectivity index (χ0n) is 9.59. The molecular weight excluding hydrogens is 200 g/mol. The lowest BCUT2D eigenvalue weighted by atomic mass is 10.0. The largest absolute Gasteiger partial charge is 0.507 e. The number of aromatic nitrogens is 1. The highest BCUT2D eigenvalue weighted by atomic mass is 16.3. The number of aromatic amines is 1. The molecule has 0 radical (unpaired) electrons. The average molecular weight is 218 g/mol. The Bertz CT molecular complexity index is 488. The van der Waals surface area contributed by atoms with Crippen molar-refractivity contribution in [3.05, 3.63) is 29.5 Å². The van der Waals surface area contributed by atoms with Gasteiger partial charge in [0, 0.05) is 17.1 Å². The lowest BCUT2D eigenvalue weighted by Crippen LogP contribution is -1.99. The number of hydrogen-bond acceptors (Lipinski definition) is 2. The molecule has 3 heteroatoms. The fourth-order valence-corrected chi connectivity index (χ4v) is 2.07. The van der Waals surface area contributed by atoms with Crippen molar-refractivity contribution in [3.8, 4) is 5.75 Å². The Morgan fingerprint density at radius 2 is 2.12 bits per heavy atom. The summed E-state index contributed by atoms with van der Waals surface area (Å²) in [7, 11) is 0. The van der Waals surface area contributed by atoms with Gasteiger partial charge in [0.05, 0.1) is 0 Å². The third kappa shape index (κ3) is 1.91. The van der Waals surface area contributed by atoms with Crippen molar-refractivity contribution in [1.29, 1.82) is 0 Å². The highest BCUT2D eigenvalue weighted by Crippen LogP contribution is 2.31. The summed E-state index contributed by atoms with van der Waals surface area (Å²) in [5, 5.41) is 11.1. The third-order valence-corrected chi connectivity index (χ3v) is 3.00. The molecule has 0 aliphatic rings. The molecule has 0 saturated heterocycles. The predicted molar refractivity (Wildman–Crippen MR) is 66.7 cm³/mol. The van der Waals surface area contributed by atoms with Crippen LogP contribution in [0.15, 0.2) is 18.3 Å². The highest BCUT2D eigenvalue weighted by Gasteiger charge is 2.09. The van der Waals surface area contributed by atoms with Crippen LogP contribution in [0.25, 0.3) is 10.9 Å². The zero-order valence-corrected chi connectivity index (χ0v) is 9.59. The molecule has 0 fully saturated rings. The van der Waals surface area contributed by atoms with Crippen molar-refractivity contribution in [2.45, 2.75) is 26.2 Å². The Hall–Kier alpha value is -1.48. The second kappa shape index (κ2) is 4.58. The molecule has 4 N–H and O–H groups in total. The number of unbranched alkanes of at least 4 members (excludes halogenated alkanes) is 1. The van der Waals surface area contributed by atoms with Gasteiger partial charge in [0.2, 0.25) is 0 Å². The first-order valence-corrected chi connectivity index (χ1v) is 5.72. The van der Waals surface area contributed by atoms with Crippen LogP contribution in [0.5, 0.6) is 5.75 Å². The summed E-state index contributed by atoms with van der Waals surface area (Å²) in [5.74, 6) is 0.424. The van der Waals surface area contributed by atoms with Gasteiger partial charge in [0.15, 0.2) is 0 Å². The average Bonchev–Trinajstić information content (AvgIpc) is 2.65. The zero-order chi connectivity index (χ0) is 11.5. The SMILES string of the molecule is Cc1c[nH]c2ccc(CCCCN)c(O)c12. The van der Waals surface area contributed by atoms with Gasteiger partial charge < -0.3 is 15.8 Å². The van der Waals surface area contributed by atoms with Crippen molar-refractivity contribution in [3.63, 3.8) is 0 Å². The fraction of sp³-hybridized carbons (Fsp3) is 0.385. The van der Waals surface area contributed by atoms with E-state index < -0.39 is 0 Å². The van der Waals surface area contributed by atoms with E-state index in [1.54, 1.807) is 0 Å². The molecule has 0 saturated carbocycles. The monoisotopic (exact) mass is 218 g/mol.